The van der Waals surface area contributed by atoms with Gasteiger partial charge in [0.05, 0.1) is 12.1 Å². The minimum atomic E-state index is -0.139. The number of rotatable bonds is 3. The van der Waals surface area contributed by atoms with Gasteiger partial charge in [-0.25, -0.2) is 4.98 Å². The van der Waals surface area contributed by atoms with Gasteiger partial charge in [0.15, 0.2) is 5.13 Å². The van der Waals surface area contributed by atoms with Gasteiger partial charge >= 0.3 is 0 Å². The largest absolute Gasteiger partial charge is 0.375 e. The van der Waals surface area contributed by atoms with E-state index < -0.39 is 0 Å². The molecule has 6 heteroatoms. The number of nitrogens with zero attached hydrogens (tertiary/aromatic N) is 3. The van der Waals surface area contributed by atoms with E-state index in [2.05, 4.69) is 37.6 Å². The lowest BCUT2D eigenvalue weighted by Gasteiger charge is -2.48. The molecule has 1 aromatic heterocycles. The molecule has 1 aromatic rings. The number of anilines is 1. The maximum Gasteiger partial charge on any atom is 0.237 e. The maximum absolute atomic E-state index is 12.3. The van der Waals surface area contributed by atoms with Crippen LogP contribution in [0.3, 0.4) is 0 Å². The van der Waals surface area contributed by atoms with E-state index in [0.29, 0.717) is 11.7 Å². The molecule has 1 aliphatic rings. The first-order valence-corrected chi connectivity index (χ1v) is 7.36. The lowest BCUT2D eigenvalue weighted by Crippen LogP contribution is -2.63. The summed E-state index contributed by atoms with van der Waals surface area (Å²) in [6.45, 7) is 10.5. The Morgan fingerprint density at radius 1 is 1.53 bits per heavy atom. The van der Waals surface area contributed by atoms with Crippen LogP contribution in [0.2, 0.25) is 0 Å². The van der Waals surface area contributed by atoms with E-state index in [4.69, 9.17) is 5.73 Å². The summed E-state index contributed by atoms with van der Waals surface area (Å²) in [7, 11) is 0. The zero-order valence-corrected chi connectivity index (χ0v) is 12.8. The van der Waals surface area contributed by atoms with E-state index in [-0.39, 0.29) is 17.5 Å². The minimum absolute atomic E-state index is 0.139. The highest BCUT2D eigenvalue weighted by atomic mass is 32.1. The molecule has 0 spiro atoms. The molecule has 0 aliphatic carbocycles. The fraction of sp³-hybridized carbons (Fsp3) is 0.692. The molecule has 1 amide bonds. The molecule has 0 atom stereocenters. The lowest BCUT2D eigenvalue weighted by molar-refractivity contribution is -0.148. The van der Waals surface area contributed by atoms with Crippen molar-refractivity contribution in [3.8, 4) is 0 Å². The SMILES string of the molecule is CC(C)N1C(=O)CN(Cc2cnc(N)s2)CC1(C)C. The third-order valence-corrected chi connectivity index (χ3v) is 4.17. The Kier molecular flexibility index (Phi) is 3.82. The van der Waals surface area contributed by atoms with Crippen LogP contribution < -0.4 is 5.73 Å². The van der Waals surface area contributed by atoms with Crippen LogP contribution in [0.1, 0.15) is 32.6 Å². The van der Waals surface area contributed by atoms with Crippen molar-refractivity contribution in [2.45, 2.75) is 45.8 Å². The highest BCUT2D eigenvalue weighted by Gasteiger charge is 2.39. The zero-order chi connectivity index (χ0) is 14.2. The molecule has 19 heavy (non-hydrogen) atoms. The quantitative estimate of drug-likeness (QED) is 0.914. The summed E-state index contributed by atoms with van der Waals surface area (Å²) in [4.78, 5) is 21.6. The van der Waals surface area contributed by atoms with Crippen LogP contribution in [0.4, 0.5) is 5.13 Å². The lowest BCUT2D eigenvalue weighted by atomic mass is 9.96. The predicted molar refractivity (Wildman–Crippen MR) is 77.9 cm³/mol. The number of carbonyl (C=O) groups excluding carboxylic acids is 1. The van der Waals surface area contributed by atoms with E-state index in [1.165, 1.54) is 11.3 Å². The van der Waals surface area contributed by atoms with Gasteiger partial charge in [-0.3, -0.25) is 9.69 Å². The number of amides is 1. The number of nitrogens with two attached hydrogens (primary N) is 1. The molecule has 2 N–H and O–H groups in total. The Morgan fingerprint density at radius 2 is 2.21 bits per heavy atom. The standard InChI is InChI=1S/C13H22N4OS/c1-9(2)17-11(18)7-16(8-13(17,3)4)6-10-5-15-12(14)19-10/h5,9H,6-8H2,1-4H3,(H2,14,15). The average Bonchev–Trinajstić information content (AvgIpc) is 2.60. The molecule has 2 rings (SSSR count). The number of thiazole rings is 1. The Balaban J connectivity index is 2.09. The average molecular weight is 282 g/mol. The number of hydrogen-bond acceptors (Lipinski definition) is 5. The Labute approximate surface area is 118 Å². The van der Waals surface area contributed by atoms with Gasteiger partial charge in [0, 0.05) is 30.2 Å². The van der Waals surface area contributed by atoms with Crippen molar-refractivity contribution in [1.82, 2.24) is 14.8 Å². The van der Waals surface area contributed by atoms with E-state index in [0.717, 1.165) is 18.0 Å². The van der Waals surface area contributed by atoms with Crippen molar-refractivity contribution >= 4 is 22.4 Å². The van der Waals surface area contributed by atoms with Gasteiger partial charge in [-0.2, -0.15) is 0 Å². The van der Waals surface area contributed by atoms with Gasteiger partial charge in [-0.15, -0.1) is 11.3 Å². The smallest absolute Gasteiger partial charge is 0.237 e. The van der Waals surface area contributed by atoms with Crippen molar-refractivity contribution in [2.24, 2.45) is 0 Å². The molecule has 106 valence electrons. The van der Waals surface area contributed by atoms with E-state index in [9.17, 15) is 4.79 Å². The summed E-state index contributed by atoms with van der Waals surface area (Å²) < 4.78 is 0. The van der Waals surface area contributed by atoms with Crippen LogP contribution in [0.15, 0.2) is 6.20 Å². The summed E-state index contributed by atoms with van der Waals surface area (Å²) in [5, 5.41) is 0.585. The Morgan fingerprint density at radius 3 is 2.68 bits per heavy atom. The zero-order valence-electron chi connectivity index (χ0n) is 12.0. The van der Waals surface area contributed by atoms with Crippen molar-refractivity contribution in [2.75, 3.05) is 18.8 Å². The second-order valence-corrected chi connectivity index (χ2v) is 7.13. The third-order valence-electron chi connectivity index (χ3n) is 3.36. The number of hydrogen-bond donors (Lipinski definition) is 1. The molecule has 5 nitrogen and oxygen atoms in total. The van der Waals surface area contributed by atoms with Crippen LogP contribution in [0.5, 0.6) is 0 Å². The molecule has 1 saturated heterocycles. The molecule has 0 aromatic carbocycles. The second kappa shape index (κ2) is 5.09. The molecule has 0 unspecified atom stereocenters. The highest BCUT2D eigenvalue weighted by molar-refractivity contribution is 7.15. The summed E-state index contributed by atoms with van der Waals surface area (Å²) >= 11 is 1.49. The van der Waals surface area contributed by atoms with E-state index in [1.807, 2.05) is 4.90 Å². The molecular formula is C13H22N4OS. The topological polar surface area (TPSA) is 62.5 Å². The molecule has 0 bridgehead atoms. The fourth-order valence-electron chi connectivity index (χ4n) is 3.00. The van der Waals surface area contributed by atoms with Crippen molar-refractivity contribution < 1.29 is 4.79 Å². The Hall–Kier alpha value is -1.14. The maximum atomic E-state index is 12.3. The van der Waals surface area contributed by atoms with E-state index >= 15 is 0 Å². The van der Waals surface area contributed by atoms with E-state index in [1.54, 1.807) is 6.20 Å². The van der Waals surface area contributed by atoms with Crippen LogP contribution in [0, 0.1) is 0 Å². The van der Waals surface area contributed by atoms with Gasteiger partial charge in [0.1, 0.15) is 0 Å². The number of aromatic nitrogens is 1. The van der Waals surface area contributed by atoms with Gasteiger partial charge < -0.3 is 10.6 Å². The monoisotopic (exact) mass is 282 g/mol. The Bertz CT molecular complexity index is 469. The van der Waals surface area contributed by atoms with Crippen LogP contribution >= 0.6 is 11.3 Å². The molecule has 0 saturated carbocycles. The summed E-state index contributed by atoms with van der Waals surface area (Å²) in [6.07, 6.45) is 1.80. The van der Waals surface area contributed by atoms with Gasteiger partial charge in [-0.05, 0) is 27.7 Å². The second-order valence-electron chi connectivity index (χ2n) is 5.98. The number of nitrogen functional groups attached to an aromatic ring is 1. The molecule has 0 radical (unpaired) electrons. The third kappa shape index (κ3) is 3.06. The van der Waals surface area contributed by atoms with Crippen LogP contribution in [-0.4, -0.2) is 45.4 Å². The molecular weight excluding hydrogens is 260 g/mol. The summed E-state index contributed by atoms with van der Waals surface area (Å²) in [5.41, 5.74) is 5.50. The fourth-order valence-corrected chi connectivity index (χ4v) is 3.73. The van der Waals surface area contributed by atoms with Crippen molar-refractivity contribution in [3.05, 3.63) is 11.1 Å². The molecule has 1 fully saturated rings. The van der Waals surface area contributed by atoms with Crippen molar-refractivity contribution in [3.63, 3.8) is 0 Å². The number of carbonyl (C=O) groups is 1. The molecule has 2 heterocycles. The predicted octanol–water partition coefficient (Wildman–Crippen LogP) is 1.56. The normalized spacial score (nSPS) is 20.3. The first-order chi connectivity index (χ1) is 8.79. The summed E-state index contributed by atoms with van der Waals surface area (Å²) in [5.74, 6) is 0.198. The van der Waals surface area contributed by atoms with Gasteiger partial charge in [0.25, 0.3) is 0 Å². The first kappa shape index (κ1) is 14.3. The van der Waals surface area contributed by atoms with Gasteiger partial charge in [-0.1, -0.05) is 0 Å². The summed E-state index contributed by atoms with van der Waals surface area (Å²) in [6, 6.07) is 0.240. The van der Waals surface area contributed by atoms with Gasteiger partial charge in [0.2, 0.25) is 5.91 Å². The number of piperazine rings is 1. The first-order valence-electron chi connectivity index (χ1n) is 6.54. The van der Waals surface area contributed by atoms with Crippen LogP contribution in [-0.2, 0) is 11.3 Å². The van der Waals surface area contributed by atoms with Crippen molar-refractivity contribution in [1.29, 1.82) is 0 Å². The highest BCUT2D eigenvalue weighted by Crippen LogP contribution is 2.26. The molecule has 1 aliphatic heterocycles. The minimum Gasteiger partial charge on any atom is -0.375 e. The van der Waals surface area contributed by atoms with Crippen LogP contribution in [0.25, 0.3) is 0 Å².